The molecule has 2 aromatic heterocycles. The summed E-state index contributed by atoms with van der Waals surface area (Å²) in [4.78, 5) is 20.3. The minimum atomic E-state index is -0.0447. The Balaban J connectivity index is 1.44. The number of carbonyl (C=O) groups excluding carboxylic acids is 1. The van der Waals surface area contributed by atoms with Crippen molar-refractivity contribution in [3.05, 3.63) is 72.1 Å². The first-order chi connectivity index (χ1) is 14.7. The monoisotopic (exact) mass is 398 g/mol. The fourth-order valence-corrected chi connectivity index (χ4v) is 3.55. The van der Waals surface area contributed by atoms with Crippen molar-refractivity contribution in [2.45, 2.75) is 19.8 Å². The van der Waals surface area contributed by atoms with E-state index in [2.05, 4.69) is 20.4 Å². The second-order valence-corrected chi connectivity index (χ2v) is 7.71. The fourth-order valence-electron chi connectivity index (χ4n) is 3.55. The number of nitrogens with zero attached hydrogens (tertiary/aromatic N) is 2. The van der Waals surface area contributed by atoms with E-state index in [9.17, 15) is 4.79 Å². The molecule has 1 aliphatic rings. The average molecular weight is 398 g/mol. The van der Waals surface area contributed by atoms with Crippen LogP contribution in [0, 0.1) is 12.8 Å². The van der Waals surface area contributed by atoms with Crippen molar-refractivity contribution >= 4 is 5.91 Å². The van der Waals surface area contributed by atoms with Gasteiger partial charge in [0, 0.05) is 23.2 Å². The third-order valence-electron chi connectivity index (χ3n) is 5.40. The average Bonchev–Trinajstić information content (AvgIpc) is 3.35. The zero-order valence-electron chi connectivity index (χ0n) is 16.7. The lowest BCUT2D eigenvalue weighted by atomic mass is 10.0. The van der Waals surface area contributed by atoms with Crippen LogP contribution in [0.3, 0.4) is 0 Å². The van der Waals surface area contributed by atoms with Crippen LogP contribution in [0.5, 0.6) is 0 Å². The molecule has 0 unspecified atom stereocenters. The van der Waals surface area contributed by atoms with E-state index < -0.39 is 0 Å². The number of nitrogens with one attached hydrogen (secondary N) is 2. The van der Waals surface area contributed by atoms with Crippen LogP contribution in [0.15, 0.2) is 65.3 Å². The molecule has 1 amide bonds. The summed E-state index contributed by atoms with van der Waals surface area (Å²) < 4.78 is 5.47. The van der Waals surface area contributed by atoms with Crippen molar-refractivity contribution < 1.29 is 9.32 Å². The topological polar surface area (TPSA) is 83.8 Å². The molecule has 30 heavy (non-hydrogen) atoms. The van der Waals surface area contributed by atoms with Gasteiger partial charge in [-0.2, -0.15) is 0 Å². The number of imidazole rings is 1. The third kappa shape index (κ3) is 3.64. The maximum absolute atomic E-state index is 12.4. The van der Waals surface area contributed by atoms with Gasteiger partial charge in [0.2, 0.25) is 0 Å². The second kappa shape index (κ2) is 7.63. The summed E-state index contributed by atoms with van der Waals surface area (Å²) in [6.45, 7) is 2.64. The molecule has 0 aliphatic heterocycles. The quantitative estimate of drug-likeness (QED) is 0.486. The molecule has 5 rings (SSSR count). The van der Waals surface area contributed by atoms with Crippen LogP contribution < -0.4 is 5.32 Å². The molecule has 1 saturated carbocycles. The largest absolute Gasteiger partial charge is 0.360 e. The van der Waals surface area contributed by atoms with Gasteiger partial charge in [-0.1, -0.05) is 47.6 Å². The van der Waals surface area contributed by atoms with Crippen molar-refractivity contribution in [2.75, 3.05) is 6.54 Å². The zero-order valence-corrected chi connectivity index (χ0v) is 16.7. The van der Waals surface area contributed by atoms with Gasteiger partial charge in [-0.15, -0.1) is 0 Å². The van der Waals surface area contributed by atoms with Crippen molar-refractivity contribution in [3.63, 3.8) is 0 Å². The van der Waals surface area contributed by atoms with Crippen LogP contribution in [0.25, 0.3) is 33.9 Å². The minimum Gasteiger partial charge on any atom is -0.360 e. The Bertz CT molecular complexity index is 1190. The molecule has 0 bridgehead atoms. The summed E-state index contributed by atoms with van der Waals surface area (Å²) in [5, 5.41) is 7.26. The smallest absolute Gasteiger partial charge is 0.251 e. The number of carbonyl (C=O) groups is 1. The van der Waals surface area contributed by atoms with E-state index in [1.165, 1.54) is 12.8 Å². The molecule has 0 atom stereocenters. The molecule has 6 heteroatoms. The first-order valence-corrected chi connectivity index (χ1v) is 10.1. The Morgan fingerprint density at radius 1 is 1.13 bits per heavy atom. The number of aromatic nitrogens is 3. The van der Waals surface area contributed by atoms with E-state index in [1.54, 1.807) is 6.20 Å². The van der Waals surface area contributed by atoms with Crippen molar-refractivity contribution in [1.29, 1.82) is 0 Å². The van der Waals surface area contributed by atoms with Gasteiger partial charge in [-0.05, 0) is 37.8 Å². The SMILES string of the molecule is Cc1onc(-c2ccccc2)c1-c1cnc(-c2cccc(C(=O)NCC3CC3)c2)[nH]1. The third-order valence-corrected chi connectivity index (χ3v) is 5.40. The van der Waals surface area contributed by atoms with Crippen LogP contribution in [-0.4, -0.2) is 27.6 Å². The highest BCUT2D eigenvalue weighted by atomic mass is 16.5. The standard InChI is InChI=1S/C24H22N4O2/c1-15-21(22(28-30-15)17-6-3-2-4-7-17)20-14-25-23(27-20)18-8-5-9-19(12-18)24(29)26-13-16-10-11-16/h2-9,12,14,16H,10-11,13H2,1H3,(H,25,27)(H,26,29). The Morgan fingerprint density at radius 2 is 1.93 bits per heavy atom. The van der Waals surface area contributed by atoms with Crippen molar-refractivity contribution in [2.24, 2.45) is 5.92 Å². The van der Waals surface area contributed by atoms with Gasteiger partial charge in [-0.25, -0.2) is 4.98 Å². The summed E-state index contributed by atoms with van der Waals surface area (Å²) in [5.74, 6) is 2.02. The zero-order chi connectivity index (χ0) is 20.5. The molecule has 150 valence electrons. The maximum atomic E-state index is 12.4. The minimum absolute atomic E-state index is 0.0447. The van der Waals surface area contributed by atoms with Gasteiger partial charge < -0.3 is 14.8 Å². The van der Waals surface area contributed by atoms with Gasteiger partial charge in [0.25, 0.3) is 5.91 Å². The molecule has 0 saturated heterocycles. The van der Waals surface area contributed by atoms with Crippen LogP contribution >= 0.6 is 0 Å². The molecule has 4 aromatic rings. The van der Waals surface area contributed by atoms with E-state index in [4.69, 9.17) is 4.52 Å². The van der Waals surface area contributed by atoms with Crippen LogP contribution in [0.4, 0.5) is 0 Å². The van der Waals surface area contributed by atoms with Gasteiger partial charge in [0.15, 0.2) is 0 Å². The first-order valence-electron chi connectivity index (χ1n) is 10.1. The molecule has 6 nitrogen and oxygen atoms in total. The number of hydrogen-bond acceptors (Lipinski definition) is 4. The Kier molecular flexibility index (Phi) is 4.67. The highest BCUT2D eigenvalue weighted by molar-refractivity contribution is 5.95. The first kappa shape index (κ1) is 18.4. The molecule has 0 radical (unpaired) electrons. The number of hydrogen-bond donors (Lipinski definition) is 2. The van der Waals surface area contributed by atoms with Crippen LogP contribution in [0.2, 0.25) is 0 Å². The molecule has 1 aliphatic carbocycles. The Hall–Kier alpha value is -3.67. The predicted molar refractivity (Wildman–Crippen MR) is 115 cm³/mol. The normalized spacial score (nSPS) is 13.4. The Morgan fingerprint density at radius 3 is 2.73 bits per heavy atom. The fraction of sp³-hybridized carbons (Fsp3) is 0.208. The van der Waals surface area contributed by atoms with E-state index in [1.807, 2.05) is 61.5 Å². The number of aryl methyl sites for hydroxylation is 1. The molecule has 2 heterocycles. The number of H-pyrrole nitrogens is 1. The highest BCUT2D eigenvalue weighted by Gasteiger charge is 2.22. The lowest BCUT2D eigenvalue weighted by Gasteiger charge is -2.05. The van der Waals surface area contributed by atoms with Crippen molar-refractivity contribution in [1.82, 2.24) is 20.4 Å². The maximum Gasteiger partial charge on any atom is 0.251 e. The lowest BCUT2D eigenvalue weighted by Crippen LogP contribution is -2.25. The summed E-state index contributed by atoms with van der Waals surface area (Å²) in [5.41, 5.74) is 4.96. The van der Waals surface area contributed by atoms with Gasteiger partial charge in [0.1, 0.15) is 17.3 Å². The van der Waals surface area contributed by atoms with E-state index in [0.717, 1.165) is 40.4 Å². The van der Waals surface area contributed by atoms with Crippen molar-refractivity contribution in [3.8, 4) is 33.9 Å². The van der Waals surface area contributed by atoms with E-state index in [0.29, 0.717) is 17.3 Å². The second-order valence-electron chi connectivity index (χ2n) is 7.71. The number of rotatable bonds is 6. The predicted octanol–water partition coefficient (Wildman–Crippen LogP) is 4.85. The Labute approximate surface area is 174 Å². The highest BCUT2D eigenvalue weighted by Crippen LogP contribution is 2.34. The van der Waals surface area contributed by atoms with Gasteiger partial charge >= 0.3 is 0 Å². The summed E-state index contributed by atoms with van der Waals surface area (Å²) in [7, 11) is 0. The molecule has 1 fully saturated rings. The summed E-state index contributed by atoms with van der Waals surface area (Å²) >= 11 is 0. The summed E-state index contributed by atoms with van der Waals surface area (Å²) in [6, 6.07) is 17.4. The van der Waals surface area contributed by atoms with E-state index in [-0.39, 0.29) is 5.91 Å². The molecular formula is C24H22N4O2. The summed E-state index contributed by atoms with van der Waals surface area (Å²) in [6.07, 6.45) is 4.20. The molecule has 2 aromatic carbocycles. The molecule has 2 N–H and O–H groups in total. The van der Waals surface area contributed by atoms with Gasteiger partial charge in [-0.3, -0.25) is 4.79 Å². The molecular weight excluding hydrogens is 376 g/mol. The number of aromatic amines is 1. The number of amides is 1. The van der Waals surface area contributed by atoms with Crippen LogP contribution in [-0.2, 0) is 0 Å². The number of benzene rings is 2. The lowest BCUT2D eigenvalue weighted by molar-refractivity contribution is 0.0952. The van der Waals surface area contributed by atoms with Gasteiger partial charge in [0.05, 0.1) is 17.5 Å². The molecule has 0 spiro atoms. The van der Waals surface area contributed by atoms with E-state index >= 15 is 0 Å². The van der Waals surface area contributed by atoms with Crippen LogP contribution in [0.1, 0.15) is 29.0 Å².